The maximum Gasteiger partial charge on any atom is 0.0702 e. The molecule has 17 heavy (non-hydrogen) atoms. The maximum absolute atomic E-state index is 9.17. The van der Waals surface area contributed by atoms with Gasteiger partial charge in [0, 0.05) is 16.3 Å². The van der Waals surface area contributed by atoms with Crippen LogP contribution in [0.1, 0.15) is 11.1 Å². The maximum atomic E-state index is 9.17. The van der Waals surface area contributed by atoms with Crippen LogP contribution in [0.15, 0.2) is 58.0 Å². The van der Waals surface area contributed by atoms with Crippen molar-refractivity contribution in [2.24, 2.45) is 4.99 Å². The summed E-state index contributed by atoms with van der Waals surface area (Å²) >= 11 is 3.39. The fourth-order valence-electron chi connectivity index (χ4n) is 1.46. The normalized spacial score (nSPS) is 10.9. The minimum Gasteiger partial charge on any atom is -0.392 e. The van der Waals surface area contributed by atoms with E-state index in [0.29, 0.717) is 0 Å². The molecule has 0 aliphatic heterocycles. The Kier molecular flexibility index (Phi) is 4.07. The second-order valence-corrected chi connectivity index (χ2v) is 4.51. The zero-order valence-electron chi connectivity index (χ0n) is 9.18. The summed E-state index contributed by atoms with van der Waals surface area (Å²) in [5.74, 6) is 0. The second-order valence-electron chi connectivity index (χ2n) is 3.60. The molecule has 0 atom stereocenters. The number of rotatable bonds is 3. The van der Waals surface area contributed by atoms with Gasteiger partial charge >= 0.3 is 0 Å². The Morgan fingerprint density at radius 3 is 2.47 bits per heavy atom. The van der Waals surface area contributed by atoms with E-state index in [0.717, 1.165) is 21.3 Å². The topological polar surface area (TPSA) is 32.6 Å². The molecule has 0 aliphatic carbocycles. The molecular formula is C14H12BrNO. The van der Waals surface area contributed by atoms with Crippen LogP contribution in [0, 0.1) is 0 Å². The molecule has 3 heteroatoms. The quantitative estimate of drug-likeness (QED) is 0.859. The molecule has 0 aromatic heterocycles. The van der Waals surface area contributed by atoms with Crippen LogP contribution >= 0.6 is 15.9 Å². The van der Waals surface area contributed by atoms with Crippen LogP contribution in [0.5, 0.6) is 0 Å². The van der Waals surface area contributed by atoms with Crippen molar-refractivity contribution in [3.63, 3.8) is 0 Å². The molecule has 0 amide bonds. The Bertz CT molecular complexity index is 520. The number of aliphatic hydroxyl groups is 1. The van der Waals surface area contributed by atoms with E-state index < -0.39 is 0 Å². The van der Waals surface area contributed by atoms with Gasteiger partial charge < -0.3 is 5.11 Å². The Labute approximate surface area is 109 Å². The minimum atomic E-state index is 0.00779. The van der Waals surface area contributed by atoms with Crippen LogP contribution in [0.3, 0.4) is 0 Å². The fourth-order valence-corrected chi connectivity index (χ4v) is 1.73. The van der Waals surface area contributed by atoms with E-state index in [1.807, 2.05) is 48.5 Å². The lowest BCUT2D eigenvalue weighted by Gasteiger charge is -2.00. The number of aliphatic hydroxyl groups excluding tert-OH is 1. The van der Waals surface area contributed by atoms with Crippen molar-refractivity contribution in [2.45, 2.75) is 6.61 Å². The average Bonchev–Trinajstić information content (AvgIpc) is 2.38. The molecular weight excluding hydrogens is 278 g/mol. The van der Waals surface area contributed by atoms with Gasteiger partial charge in [0.15, 0.2) is 0 Å². The van der Waals surface area contributed by atoms with Gasteiger partial charge in [-0.2, -0.15) is 0 Å². The molecule has 0 spiro atoms. The predicted molar refractivity (Wildman–Crippen MR) is 73.8 cm³/mol. The first kappa shape index (κ1) is 12.0. The Balaban J connectivity index is 2.22. The molecule has 0 fully saturated rings. The molecule has 86 valence electrons. The van der Waals surface area contributed by atoms with Crippen LogP contribution in [0.25, 0.3) is 0 Å². The largest absolute Gasteiger partial charge is 0.392 e. The van der Waals surface area contributed by atoms with E-state index in [-0.39, 0.29) is 6.61 Å². The zero-order chi connectivity index (χ0) is 12.1. The van der Waals surface area contributed by atoms with Gasteiger partial charge in [0.1, 0.15) is 0 Å². The van der Waals surface area contributed by atoms with Gasteiger partial charge in [-0.05, 0) is 23.8 Å². The van der Waals surface area contributed by atoms with E-state index in [4.69, 9.17) is 0 Å². The highest BCUT2D eigenvalue weighted by Crippen LogP contribution is 2.18. The molecule has 2 nitrogen and oxygen atoms in total. The van der Waals surface area contributed by atoms with Crippen LogP contribution in [0.2, 0.25) is 0 Å². The molecule has 0 aliphatic rings. The average molecular weight is 290 g/mol. The van der Waals surface area contributed by atoms with Crippen LogP contribution in [-0.2, 0) is 6.61 Å². The smallest absolute Gasteiger partial charge is 0.0702 e. The minimum absolute atomic E-state index is 0.00779. The molecule has 1 N–H and O–H groups in total. The highest BCUT2D eigenvalue weighted by Gasteiger charge is 1.97. The number of aliphatic imine (C=N–C) groups is 1. The van der Waals surface area contributed by atoms with Gasteiger partial charge in [-0.25, -0.2) is 0 Å². The first-order valence-corrected chi connectivity index (χ1v) is 6.07. The Morgan fingerprint density at radius 1 is 1.06 bits per heavy atom. The first-order chi connectivity index (χ1) is 8.29. The highest BCUT2D eigenvalue weighted by molar-refractivity contribution is 9.10. The zero-order valence-corrected chi connectivity index (χ0v) is 10.8. The SMILES string of the molecule is OCc1ccccc1N=Cc1ccc(Br)cc1. The lowest BCUT2D eigenvalue weighted by Crippen LogP contribution is -1.84. The molecule has 2 aromatic carbocycles. The summed E-state index contributed by atoms with van der Waals surface area (Å²) in [4.78, 5) is 4.38. The number of hydrogen-bond donors (Lipinski definition) is 1. The van der Waals surface area contributed by atoms with Crippen molar-refractivity contribution < 1.29 is 5.11 Å². The lowest BCUT2D eigenvalue weighted by atomic mass is 10.2. The number of halogens is 1. The summed E-state index contributed by atoms with van der Waals surface area (Å²) in [6.45, 7) is 0.00779. The predicted octanol–water partition coefficient (Wildman–Crippen LogP) is 3.69. The van der Waals surface area contributed by atoms with E-state index in [9.17, 15) is 5.11 Å². The third kappa shape index (κ3) is 3.25. The molecule has 0 saturated heterocycles. The van der Waals surface area contributed by atoms with Crippen molar-refractivity contribution >= 4 is 27.8 Å². The van der Waals surface area contributed by atoms with E-state index in [1.165, 1.54) is 0 Å². The third-order valence-corrected chi connectivity index (χ3v) is 2.91. The Hall–Kier alpha value is -1.45. The number of para-hydroxylation sites is 1. The van der Waals surface area contributed by atoms with E-state index in [2.05, 4.69) is 20.9 Å². The van der Waals surface area contributed by atoms with Gasteiger partial charge in [-0.15, -0.1) is 0 Å². The van der Waals surface area contributed by atoms with Crippen LogP contribution in [0.4, 0.5) is 5.69 Å². The molecule has 2 rings (SSSR count). The molecule has 0 saturated carbocycles. The van der Waals surface area contributed by atoms with Gasteiger partial charge in [0.25, 0.3) is 0 Å². The van der Waals surface area contributed by atoms with E-state index in [1.54, 1.807) is 6.21 Å². The van der Waals surface area contributed by atoms with Crippen molar-refractivity contribution in [3.05, 3.63) is 64.1 Å². The lowest BCUT2D eigenvalue weighted by molar-refractivity contribution is 0.282. The molecule has 0 unspecified atom stereocenters. The van der Waals surface area contributed by atoms with Crippen molar-refractivity contribution in [1.82, 2.24) is 0 Å². The fraction of sp³-hybridized carbons (Fsp3) is 0.0714. The second kappa shape index (κ2) is 5.75. The van der Waals surface area contributed by atoms with Gasteiger partial charge in [-0.3, -0.25) is 4.99 Å². The van der Waals surface area contributed by atoms with E-state index >= 15 is 0 Å². The van der Waals surface area contributed by atoms with Crippen molar-refractivity contribution in [1.29, 1.82) is 0 Å². The third-order valence-electron chi connectivity index (χ3n) is 2.38. The number of nitrogens with zero attached hydrogens (tertiary/aromatic N) is 1. The standard InChI is InChI=1S/C14H12BrNO/c15-13-7-5-11(6-8-13)9-16-14-4-2-1-3-12(14)10-17/h1-9,17H,10H2. The van der Waals surface area contributed by atoms with Gasteiger partial charge in [0.05, 0.1) is 12.3 Å². The molecule has 0 radical (unpaired) electrons. The summed E-state index contributed by atoms with van der Waals surface area (Å²) in [7, 11) is 0. The molecule has 0 heterocycles. The first-order valence-electron chi connectivity index (χ1n) is 5.28. The monoisotopic (exact) mass is 289 g/mol. The summed E-state index contributed by atoms with van der Waals surface area (Å²) in [5.41, 5.74) is 2.67. The van der Waals surface area contributed by atoms with Crippen molar-refractivity contribution in [3.8, 4) is 0 Å². The highest BCUT2D eigenvalue weighted by atomic mass is 79.9. The molecule has 0 bridgehead atoms. The van der Waals surface area contributed by atoms with Crippen LogP contribution in [-0.4, -0.2) is 11.3 Å². The summed E-state index contributed by atoms with van der Waals surface area (Å²) in [6.07, 6.45) is 1.79. The summed E-state index contributed by atoms with van der Waals surface area (Å²) in [5, 5.41) is 9.17. The van der Waals surface area contributed by atoms with Gasteiger partial charge in [0.2, 0.25) is 0 Å². The Morgan fingerprint density at radius 2 is 1.76 bits per heavy atom. The number of benzene rings is 2. The molecule has 2 aromatic rings. The van der Waals surface area contributed by atoms with Crippen LogP contribution < -0.4 is 0 Å². The number of hydrogen-bond acceptors (Lipinski definition) is 2. The summed E-state index contributed by atoms with van der Waals surface area (Å²) < 4.78 is 1.05. The summed E-state index contributed by atoms with van der Waals surface area (Å²) in [6, 6.07) is 15.5. The van der Waals surface area contributed by atoms with Gasteiger partial charge in [-0.1, -0.05) is 46.3 Å². The van der Waals surface area contributed by atoms with Crippen molar-refractivity contribution in [2.75, 3.05) is 0 Å².